The van der Waals surface area contributed by atoms with Crippen molar-refractivity contribution in [3.63, 3.8) is 0 Å². The average molecular weight is 240 g/mol. The Balaban J connectivity index is 2.54. The van der Waals surface area contributed by atoms with Crippen molar-refractivity contribution in [2.75, 3.05) is 0 Å². The molecule has 0 spiro atoms. The third kappa shape index (κ3) is 1.57. The van der Waals surface area contributed by atoms with Crippen LogP contribution in [-0.4, -0.2) is 0 Å². The highest BCUT2D eigenvalue weighted by atomic mass is 32.1. The van der Waals surface area contributed by atoms with Crippen LogP contribution in [0.4, 0.5) is 0 Å². The molecule has 0 saturated heterocycles. The number of benzene rings is 2. The first-order chi connectivity index (χ1) is 8.18. The van der Waals surface area contributed by atoms with E-state index in [0.717, 1.165) is 0 Å². The van der Waals surface area contributed by atoms with E-state index in [1.54, 1.807) is 0 Å². The van der Waals surface area contributed by atoms with Gasteiger partial charge in [-0.15, -0.1) is 11.3 Å². The molecule has 0 radical (unpaired) electrons. The summed E-state index contributed by atoms with van der Waals surface area (Å²) in [6, 6.07) is 13.3. The maximum Gasteiger partial charge on any atom is 0.0384 e. The van der Waals surface area contributed by atoms with E-state index in [1.165, 1.54) is 31.3 Å². The molecular weight excluding hydrogens is 224 g/mol. The molecule has 0 aliphatic heterocycles. The number of hydrogen-bond acceptors (Lipinski definition) is 1. The van der Waals surface area contributed by atoms with E-state index in [2.05, 4.69) is 57.2 Å². The molecule has 0 atom stereocenters. The van der Waals surface area contributed by atoms with E-state index >= 15 is 0 Å². The SMILES string of the molecule is Cc1cccc2c1sc1cccc(C(C)C)c12. The largest absolute Gasteiger partial charge is 0.135 e. The van der Waals surface area contributed by atoms with E-state index < -0.39 is 0 Å². The predicted molar refractivity (Wildman–Crippen MR) is 78.2 cm³/mol. The van der Waals surface area contributed by atoms with Gasteiger partial charge in [-0.1, -0.05) is 44.2 Å². The second-order valence-electron chi connectivity index (χ2n) is 4.93. The Labute approximate surface area is 106 Å². The molecule has 0 amide bonds. The van der Waals surface area contributed by atoms with Crippen LogP contribution < -0.4 is 0 Å². The van der Waals surface area contributed by atoms with Gasteiger partial charge < -0.3 is 0 Å². The fraction of sp³-hybridized carbons (Fsp3) is 0.250. The second-order valence-corrected chi connectivity index (χ2v) is 5.98. The second kappa shape index (κ2) is 3.85. The summed E-state index contributed by atoms with van der Waals surface area (Å²) < 4.78 is 2.86. The minimum absolute atomic E-state index is 0.581. The Bertz CT molecular complexity index is 689. The first-order valence-corrected chi connectivity index (χ1v) is 6.91. The molecule has 0 fully saturated rings. The number of aryl methyl sites for hydroxylation is 1. The first-order valence-electron chi connectivity index (χ1n) is 6.09. The fourth-order valence-corrected chi connectivity index (χ4v) is 3.70. The zero-order valence-corrected chi connectivity index (χ0v) is 11.3. The first kappa shape index (κ1) is 10.8. The lowest BCUT2D eigenvalue weighted by Crippen LogP contribution is -1.87. The molecule has 0 nitrogen and oxygen atoms in total. The third-order valence-corrected chi connectivity index (χ3v) is 4.68. The van der Waals surface area contributed by atoms with E-state index in [-0.39, 0.29) is 0 Å². The van der Waals surface area contributed by atoms with Crippen molar-refractivity contribution < 1.29 is 0 Å². The number of rotatable bonds is 1. The third-order valence-electron chi connectivity index (χ3n) is 3.37. The summed E-state index contributed by atoms with van der Waals surface area (Å²) in [7, 11) is 0. The van der Waals surface area contributed by atoms with Crippen molar-refractivity contribution in [3.8, 4) is 0 Å². The van der Waals surface area contributed by atoms with Gasteiger partial charge in [-0.05, 0) is 30.0 Å². The standard InChI is InChI=1S/C16H16S/c1-10(2)12-7-5-9-14-15(12)13-8-4-6-11(3)16(13)17-14/h4-10H,1-3H3. The monoisotopic (exact) mass is 240 g/mol. The van der Waals surface area contributed by atoms with Crippen LogP contribution in [0.15, 0.2) is 36.4 Å². The molecule has 86 valence electrons. The maximum atomic E-state index is 2.27. The predicted octanol–water partition coefficient (Wildman–Crippen LogP) is 5.49. The molecular formula is C16H16S. The Kier molecular flexibility index (Phi) is 2.44. The zero-order chi connectivity index (χ0) is 12.0. The topological polar surface area (TPSA) is 0 Å². The summed E-state index contributed by atoms with van der Waals surface area (Å²) in [5, 5.41) is 2.89. The van der Waals surface area contributed by atoms with Crippen LogP contribution in [0.2, 0.25) is 0 Å². The van der Waals surface area contributed by atoms with Crippen molar-refractivity contribution in [2.24, 2.45) is 0 Å². The van der Waals surface area contributed by atoms with Crippen LogP contribution >= 0.6 is 11.3 Å². The molecule has 0 unspecified atom stereocenters. The quantitative estimate of drug-likeness (QED) is 0.528. The lowest BCUT2D eigenvalue weighted by Gasteiger charge is -2.07. The summed E-state index contributed by atoms with van der Waals surface area (Å²) in [4.78, 5) is 0. The zero-order valence-electron chi connectivity index (χ0n) is 10.4. The maximum absolute atomic E-state index is 2.27. The van der Waals surface area contributed by atoms with Crippen molar-refractivity contribution in [1.82, 2.24) is 0 Å². The van der Waals surface area contributed by atoms with Gasteiger partial charge in [0.1, 0.15) is 0 Å². The van der Waals surface area contributed by atoms with Crippen molar-refractivity contribution in [2.45, 2.75) is 26.7 Å². The smallest absolute Gasteiger partial charge is 0.0384 e. The van der Waals surface area contributed by atoms with Crippen molar-refractivity contribution in [1.29, 1.82) is 0 Å². The number of thiophene rings is 1. The van der Waals surface area contributed by atoms with Crippen LogP contribution in [0.1, 0.15) is 30.9 Å². The van der Waals surface area contributed by atoms with Crippen molar-refractivity contribution >= 4 is 31.5 Å². The molecule has 1 aromatic heterocycles. The molecule has 3 aromatic rings. The van der Waals surface area contributed by atoms with Gasteiger partial charge in [0.15, 0.2) is 0 Å². The molecule has 3 rings (SSSR count). The van der Waals surface area contributed by atoms with Gasteiger partial charge in [0, 0.05) is 20.2 Å². The van der Waals surface area contributed by atoms with Gasteiger partial charge in [0.2, 0.25) is 0 Å². The average Bonchev–Trinajstić information content (AvgIpc) is 2.69. The van der Waals surface area contributed by atoms with Gasteiger partial charge >= 0.3 is 0 Å². The fourth-order valence-electron chi connectivity index (χ4n) is 2.50. The van der Waals surface area contributed by atoms with E-state index in [4.69, 9.17) is 0 Å². The summed E-state index contributed by atoms with van der Waals surface area (Å²) in [6.07, 6.45) is 0. The lowest BCUT2D eigenvalue weighted by molar-refractivity contribution is 0.877. The molecule has 0 aliphatic rings. The van der Waals surface area contributed by atoms with Gasteiger partial charge in [-0.2, -0.15) is 0 Å². The van der Waals surface area contributed by atoms with Crippen LogP contribution in [0, 0.1) is 6.92 Å². The summed E-state index contributed by atoms with van der Waals surface area (Å²) >= 11 is 1.92. The number of hydrogen-bond donors (Lipinski definition) is 0. The highest BCUT2D eigenvalue weighted by molar-refractivity contribution is 7.26. The molecule has 0 bridgehead atoms. The minimum Gasteiger partial charge on any atom is -0.135 e. The van der Waals surface area contributed by atoms with E-state index in [9.17, 15) is 0 Å². The van der Waals surface area contributed by atoms with Crippen molar-refractivity contribution in [3.05, 3.63) is 47.5 Å². The summed E-state index contributed by atoms with van der Waals surface area (Å²) in [5.74, 6) is 0.581. The summed E-state index contributed by atoms with van der Waals surface area (Å²) in [6.45, 7) is 6.74. The minimum atomic E-state index is 0.581. The molecule has 0 N–H and O–H groups in total. The van der Waals surface area contributed by atoms with Crippen LogP contribution in [-0.2, 0) is 0 Å². The van der Waals surface area contributed by atoms with E-state index in [1.807, 2.05) is 11.3 Å². The lowest BCUT2D eigenvalue weighted by atomic mass is 9.97. The van der Waals surface area contributed by atoms with Gasteiger partial charge in [0.05, 0.1) is 0 Å². The van der Waals surface area contributed by atoms with Gasteiger partial charge in [-0.3, -0.25) is 0 Å². The highest BCUT2D eigenvalue weighted by Gasteiger charge is 2.11. The molecule has 17 heavy (non-hydrogen) atoms. The van der Waals surface area contributed by atoms with Crippen LogP contribution in [0.5, 0.6) is 0 Å². The molecule has 0 saturated carbocycles. The molecule has 1 heterocycles. The summed E-state index contributed by atoms with van der Waals surface area (Å²) in [5.41, 5.74) is 2.86. The van der Waals surface area contributed by atoms with E-state index in [0.29, 0.717) is 5.92 Å². The highest BCUT2D eigenvalue weighted by Crippen LogP contribution is 2.39. The Morgan fingerprint density at radius 3 is 2.53 bits per heavy atom. The number of fused-ring (bicyclic) bond motifs is 3. The normalized spacial score (nSPS) is 11.8. The Morgan fingerprint density at radius 2 is 1.76 bits per heavy atom. The van der Waals surface area contributed by atoms with Gasteiger partial charge in [-0.25, -0.2) is 0 Å². The Morgan fingerprint density at radius 1 is 1.00 bits per heavy atom. The van der Waals surface area contributed by atoms with Gasteiger partial charge in [0.25, 0.3) is 0 Å². The molecule has 2 aromatic carbocycles. The molecule has 1 heteroatoms. The molecule has 0 aliphatic carbocycles. The Hall–Kier alpha value is -1.34. The van der Waals surface area contributed by atoms with Crippen LogP contribution in [0.3, 0.4) is 0 Å². The van der Waals surface area contributed by atoms with Crippen LogP contribution in [0.25, 0.3) is 20.2 Å².